The second kappa shape index (κ2) is 3.73. The summed E-state index contributed by atoms with van der Waals surface area (Å²) in [7, 11) is 0. The number of aryl methyl sites for hydroxylation is 1. The number of furan rings is 1. The number of ketones is 1. The van der Waals surface area contributed by atoms with Crippen molar-refractivity contribution < 1.29 is 9.21 Å². The molecule has 0 bridgehead atoms. The van der Waals surface area contributed by atoms with E-state index in [1.54, 1.807) is 12.1 Å². The Balaban J connectivity index is 2.57. The van der Waals surface area contributed by atoms with Gasteiger partial charge >= 0.3 is 0 Å². The Bertz CT molecular complexity index is 532. The standard InChI is InChI=1S/C13H12O2/c1-3-5-11(14)12-8-10-7-4-6-9(2)13(10)15-12/h3-8H,1-2H3/b5-3+. The van der Waals surface area contributed by atoms with Gasteiger partial charge in [-0.25, -0.2) is 0 Å². The molecule has 76 valence electrons. The predicted octanol–water partition coefficient (Wildman–Crippen LogP) is 3.50. The van der Waals surface area contributed by atoms with Crippen molar-refractivity contribution in [3.63, 3.8) is 0 Å². The third-order valence-corrected chi connectivity index (χ3v) is 2.30. The molecule has 0 N–H and O–H groups in total. The molecule has 0 atom stereocenters. The maximum absolute atomic E-state index is 11.5. The first kappa shape index (κ1) is 9.71. The van der Waals surface area contributed by atoms with E-state index in [0.717, 1.165) is 16.5 Å². The summed E-state index contributed by atoms with van der Waals surface area (Å²) in [6, 6.07) is 7.65. The number of allylic oxidation sites excluding steroid dienone is 2. The van der Waals surface area contributed by atoms with Crippen molar-refractivity contribution in [3.8, 4) is 0 Å². The van der Waals surface area contributed by atoms with E-state index in [-0.39, 0.29) is 5.78 Å². The molecule has 1 aromatic carbocycles. The van der Waals surface area contributed by atoms with Crippen LogP contribution in [0.3, 0.4) is 0 Å². The number of carbonyl (C=O) groups is 1. The van der Waals surface area contributed by atoms with E-state index < -0.39 is 0 Å². The quantitative estimate of drug-likeness (QED) is 0.548. The lowest BCUT2D eigenvalue weighted by Gasteiger charge is -1.91. The van der Waals surface area contributed by atoms with Crippen molar-refractivity contribution in [1.82, 2.24) is 0 Å². The van der Waals surface area contributed by atoms with Crippen LogP contribution in [-0.4, -0.2) is 5.78 Å². The summed E-state index contributed by atoms with van der Waals surface area (Å²) in [6.45, 7) is 3.78. The van der Waals surface area contributed by atoms with Gasteiger partial charge in [-0.3, -0.25) is 4.79 Å². The third kappa shape index (κ3) is 1.71. The number of para-hydroxylation sites is 1. The lowest BCUT2D eigenvalue weighted by atomic mass is 10.2. The van der Waals surface area contributed by atoms with Crippen LogP contribution in [0.5, 0.6) is 0 Å². The monoisotopic (exact) mass is 200 g/mol. The predicted molar refractivity (Wildman–Crippen MR) is 60.1 cm³/mol. The molecule has 0 amide bonds. The Hall–Kier alpha value is -1.83. The van der Waals surface area contributed by atoms with E-state index in [1.807, 2.05) is 32.0 Å². The van der Waals surface area contributed by atoms with Crippen LogP contribution in [0.1, 0.15) is 23.0 Å². The molecule has 2 aromatic rings. The maximum Gasteiger partial charge on any atom is 0.220 e. The van der Waals surface area contributed by atoms with Crippen molar-refractivity contribution in [1.29, 1.82) is 0 Å². The molecule has 0 fully saturated rings. The Labute approximate surface area is 88.2 Å². The summed E-state index contributed by atoms with van der Waals surface area (Å²) >= 11 is 0. The molecule has 2 rings (SSSR count). The van der Waals surface area contributed by atoms with E-state index in [1.165, 1.54) is 6.08 Å². The average Bonchev–Trinajstić information content (AvgIpc) is 2.63. The Kier molecular flexibility index (Phi) is 2.42. The van der Waals surface area contributed by atoms with Gasteiger partial charge in [0.25, 0.3) is 0 Å². The van der Waals surface area contributed by atoms with Crippen molar-refractivity contribution in [2.45, 2.75) is 13.8 Å². The molecule has 15 heavy (non-hydrogen) atoms. The van der Waals surface area contributed by atoms with Gasteiger partial charge in [-0.15, -0.1) is 0 Å². The Morgan fingerprint density at radius 3 is 2.87 bits per heavy atom. The fraction of sp³-hybridized carbons (Fsp3) is 0.154. The van der Waals surface area contributed by atoms with Crippen LogP contribution < -0.4 is 0 Å². The largest absolute Gasteiger partial charge is 0.452 e. The number of fused-ring (bicyclic) bond motifs is 1. The topological polar surface area (TPSA) is 30.2 Å². The van der Waals surface area contributed by atoms with Crippen LogP contribution in [0.25, 0.3) is 11.0 Å². The van der Waals surface area contributed by atoms with Crippen LogP contribution >= 0.6 is 0 Å². The first-order valence-corrected chi connectivity index (χ1v) is 4.88. The first-order valence-electron chi connectivity index (χ1n) is 4.88. The summed E-state index contributed by atoms with van der Waals surface area (Å²) in [5.41, 5.74) is 1.84. The number of rotatable bonds is 2. The molecular formula is C13H12O2. The van der Waals surface area contributed by atoms with E-state index in [2.05, 4.69) is 0 Å². The van der Waals surface area contributed by atoms with Crippen molar-refractivity contribution in [2.75, 3.05) is 0 Å². The first-order chi connectivity index (χ1) is 7.22. The van der Waals surface area contributed by atoms with Gasteiger partial charge in [0.1, 0.15) is 5.58 Å². The highest BCUT2D eigenvalue weighted by molar-refractivity contribution is 6.04. The smallest absolute Gasteiger partial charge is 0.220 e. The fourth-order valence-corrected chi connectivity index (χ4v) is 1.56. The molecular weight excluding hydrogens is 188 g/mol. The van der Waals surface area contributed by atoms with Crippen LogP contribution in [0.15, 0.2) is 40.8 Å². The highest BCUT2D eigenvalue weighted by atomic mass is 16.3. The van der Waals surface area contributed by atoms with E-state index in [0.29, 0.717) is 5.76 Å². The van der Waals surface area contributed by atoms with Crippen LogP contribution in [0, 0.1) is 6.92 Å². The molecule has 0 saturated heterocycles. The van der Waals surface area contributed by atoms with Crippen LogP contribution in [0.4, 0.5) is 0 Å². The van der Waals surface area contributed by atoms with Crippen molar-refractivity contribution >= 4 is 16.8 Å². The van der Waals surface area contributed by atoms with Gasteiger partial charge in [0, 0.05) is 5.39 Å². The molecule has 0 unspecified atom stereocenters. The number of hydrogen-bond donors (Lipinski definition) is 0. The number of hydrogen-bond acceptors (Lipinski definition) is 2. The Morgan fingerprint density at radius 2 is 2.20 bits per heavy atom. The number of benzene rings is 1. The van der Waals surface area contributed by atoms with Crippen LogP contribution in [-0.2, 0) is 0 Å². The van der Waals surface area contributed by atoms with Gasteiger partial charge in [-0.1, -0.05) is 24.3 Å². The van der Waals surface area contributed by atoms with E-state index >= 15 is 0 Å². The average molecular weight is 200 g/mol. The van der Waals surface area contributed by atoms with Crippen LogP contribution in [0.2, 0.25) is 0 Å². The summed E-state index contributed by atoms with van der Waals surface area (Å²) in [6.07, 6.45) is 3.22. The molecule has 2 heteroatoms. The zero-order chi connectivity index (χ0) is 10.8. The minimum atomic E-state index is -0.0897. The second-order valence-corrected chi connectivity index (χ2v) is 3.47. The minimum Gasteiger partial charge on any atom is -0.452 e. The molecule has 0 aliphatic heterocycles. The van der Waals surface area contributed by atoms with Crippen molar-refractivity contribution in [3.05, 3.63) is 47.7 Å². The zero-order valence-corrected chi connectivity index (χ0v) is 8.78. The van der Waals surface area contributed by atoms with Gasteiger partial charge in [0.05, 0.1) is 0 Å². The lowest BCUT2D eigenvalue weighted by Crippen LogP contribution is -1.89. The minimum absolute atomic E-state index is 0.0897. The highest BCUT2D eigenvalue weighted by Gasteiger charge is 2.09. The lowest BCUT2D eigenvalue weighted by molar-refractivity contribution is 0.102. The third-order valence-electron chi connectivity index (χ3n) is 2.30. The SMILES string of the molecule is C/C=C/C(=O)c1cc2cccc(C)c2o1. The maximum atomic E-state index is 11.5. The van der Waals surface area contributed by atoms with Gasteiger partial charge in [0.2, 0.25) is 5.78 Å². The summed E-state index contributed by atoms with van der Waals surface area (Å²) < 4.78 is 5.51. The molecule has 1 heterocycles. The summed E-state index contributed by atoms with van der Waals surface area (Å²) in [4.78, 5) is 11.5. The molecule has 1 aromatic heterocycles. The normalized spacial score (nSPS) is 11.3. The molecule has 0 radical (unpaired) electrons. The van der Waals surface area contributed by atoms with E-state index in [9.17, 15) is 4.79 Å². The Morgan fingerprint density at radius 1 is 1.40 bits per heavy atom. The van der Waals surface area contributed by atoms with E-state index in [4.69, 9.17) is 4.42 Å². The summed E-state index contributed by atoms with van der Waals surface area (Å²) in [5.74, 6) is 0.311. The zero-order valence-electron chi connectivity index (χ0n) is 8.78. The molecule has 0 aliphatic rings. The fourth-order valence-electron chi connectivity index (χ4n) is 1.56. The van der Waals surface area contributed by atoms with Gasteiger partial charge in [-0.05, 0) is 31.6 Å². The van der Waals surface area contributed by atoms with Crippen molar-refractivity contribution in [2.24, 2.45) is 0 Å². The molecule has 2 nitrogen and oxygen atoms in total. The highest BCUT2D eigenvalue weighted by Crippen LogP contribution is 2.22. The van der Waals surface area contributed by atoms with Gasteiger partial charge < -0.3 is 4.42 Å². The van der Waals surface area contributed by atoms with Gasteiger partial charge in [0.15, 0.2) is 5.76 Å². The van der Waals surface area contributed by atoms with Gasteiger partial charge in [-0.2, -0.15) is 0 Å². The number of carbonyl (C=O) groups excluding carboxylic acids is 1. The molecule has 0 saturated carbocycles. The molecule has 0 spiro atoms. The molecule has 0 aliphatic carbocycles. The summed E-state index contributed by atoms with van der Waals surface area (Å²) in [5, 5.41) is 0.975. The second-order valence-electron chi connectivity index (χ2n) is 3.47.